The highest BCUT2D eigenvalue weighted by atomic mass is 16.4. The van der Waals surface area contributed by atoms with E-state index < -0.39 is 5.97 Å². The molecule has 4 heteroatoms. The first-order chi connectivity index (χ1) is 7.77. The average Bonchev–Trinajstić information content (AvgIpc) is 2.25. The van der Waals surface area contributed by atoms with Crippen LogP contribution in [0.3, 0.4) is 0 Å². The molecule has 0 aromatic heterocycles. The largest absolute Gasteiger partial charge is 0.481 e. The minimum atomic E-state index is -0.685. The van der Waals surface area contributed by atoms with Crippen molar-refractivity contribution in [2.75, 3.05) is 19.7 Å². The van der Waals surface area contributed by atoms with Gasteiger partial charge in [0.15, 0.2) is 0 Å². The summed E-state index contributed by atoms with van der Waals surface area (Å²) in [5, 5.41) is 20.1. The van der Waals surface area contributed by atoms with Gasteiger partial charge in [-0.1, -0.05) is 32.1 Å². The molecule has 0 aliphatic carbocycles. The van der Waals surface area contributed by atoms with Crippen molar-refractivity contribution in [2.45, 2.75) is 51.4 Å². The Hall–Kier alpha value is -0.610. The van der Waals surface area contributed by atoms with E-state index in [2.05, 4.69) is 5.32 Å². The molecule has 16 heavy (non-hydrogen) atoms. The van der Waals surface area contributed by atoms with Crippen LogP contribution in [-0.4, -0.2) is 35.9 Å². The van der Waals surface area contributed by atoms with Crippen LogP contribution in [0.25, 0.3) is 0 Å². The van der Waals surface area contributed by atoms with Crippen molar-refractivity contribution in [3.63, 3.8) is 0 Å². The Morgan fingerprint density at radius 3 is 2.00 bits per heavy atom. The third kappa shape index (κ3) is 13.4. The predicted octanol–water partition coefficient (Wildman–Crippen LogP) is 1.77. The van der Waals surface area contributed by atoms with E-state index in [0.717, 1.165) is 32.2 Å². The molecule has 0 saturated carbocycles. The lowest BCUT2D eigenvalue weighted by Crippen LogP contribution is -2.19. The SMILES string of the molecule is O=C(O)CCCCCCCCCNCCO. The van der Waals surface area contributed by atoms with E-state index in [0.29, 0.717) is 13.0 Å². The summed E-state index contributed by atoms with van der Waals surface area (Å²) in [6, 6.07) is 0. The molecule has 3 N–H and O–H groups in total. The maximum absolute atomic E-state index is 10.2. The average molecular weight is 231 g/mol. The molecule has 0 heterocycles. The third-order valence-corrected chi connectivity index (χ3v) is 2.53. The summed E-state index contributed by atoms with van der Waals surface area (Å²) in [6.45, 7) is 1.89. The van der Waals surface area contributed by atoms with Crippen molar-refractivity contribution in [1.82, 2.24) is 5.32 Å². The molecule has 0 spiro atoms. The number of hydrogen-bond acceptors (Lipinski definition) is 3. The van der Waals surface area contributed by atoms with Crippen LogP contribution in [0.4, 0.5) is 0 Å². The number of unbranched alkanes of at least 4 members (excludes halogenated alkanes) is 6. The fourth-order valence-electron chi connectivity index (χ4n) is 1.61. The molecule has 0 radical (unpaired) electrons. The number of aliphatic carboxylic acids is 1. The standard InChI is InChI=1S/C12H25NO3/c14-11-10-13-9-7-5-3-1-2-4-6-8-12(15)16/h13-14H,1-11H2,(H,15,16). The Morgan fingerprint density at radius 2 is 1.44 bits per heavy atom. The topological polar surface area (TPSA) is 69.6 Å². The van der Waals surface area contributed by atoms with E-state index in [1.54, 1.807) is 0 Å². The van der Waals surface area contributed by atoms with Gasteiger partial charge in [-0.2, -0.15) is 0 Å². The summed E-state index contributed by atoms with van der Waals surface area (Å²) < 4.78 is 0. The fourth-order valence-corrected chi connectivity index (χ4v) is 1.61. The van der Waals surface area contributed by atoms with E-state index in [9.17, 15) is 4.79 Å². The number of carbonyl (C=O) groups is 1. The van der Waals surface area contributed by atoms with Gasteiger partial charge in [0.1, 0.15) is 0 Å². The van der Waals surface area contributed by atoms with Crippen molar-refractivity contribution < 1.29 is 15.0 Å². The first-order valence-corrected chi connectivity index (χ1v) is 6.30. The highest BCUT2D eigenvalue weighted by molar-refractivity contribution is 5.66. The molecule has 4 nitrogen and oxygen atoms in total. The van der Waals surface area contributed by atoms with E-state index in [4.69, 9.17) is 10.2 Å². The van der Waals surface area contributed by atoms with Gasteiger partial charge in [0.2, 0.25) is 0 Å². The van der Waals surface area contributed by atoms with E-state index >= 15 is 0 Å². The second kappa shape index (κ2) is 12.5. The Balaban J connectivity index is 2.90. The second-order valence-electron chi connectivity index (χ2n) is 4.09. The lowest BCUT2D eigenvalue weighted by Gasteiger charge is -2.02. The van der Waals surface area contributed by atoms with Gasteiger partial charge in [0.05, 0.1) is 6.61 Å². The number of carboxylic acid groups (broad SMARTS) is 1. The summed E-state index contributed by atoms with van der Waals surface area (Å²) in [5.41, 5.74) is 0. The van der Waals surface area contributed by atoms with E-state index in [1.165, 1.54) is 19.3 Å². The van der Waals surface area contributed by atoms with Crippen LogP contribution < -0.4 is 5.32 Å². The molecule has 0 amide bonds. The van der Waals surface area contributed by atoms with Gasteiger partial charge in [0, 0.05) is 13.0 Å². The molecule has 0 unspecified atom stereocenters. The van der Waals surface area contributed by atoms with E-state index in [-0.39, 0.29) is 6.61 Å². The summed E-state index contributed by atoms with van der Waals surface area (Å²) in [7, 11) is 0. The fraction of sp³-hybridized carbons (Fsp3) is 0.917. The van der Waals surface area contributed by atoms with E-state index in [1.807, 2.05) is 0 Å². The van der Waals surface area contributed by atoms with Crippen LogP contribution in [0.2, 0.25) is 0 Å². The van der Waals surface area contributed by atoms with Gasteiger partial charge in [-0.05, 0) is 19.4 Å². The number of rotatable bonds is 12. The van der Waals surface area contributed by atoms with Crippen molar-refractivity contribution in [3.8, 4) is 0 Å². The van der Waals surface area contributed by atoms with Crippen LogP contribution >= 0.6 is 0 Å². The Kier molecular flexibility index (Phi) is 12.0. The quantitative estimate of drug-likeness (QED) is 0.448. The number of aliphatic hydroxyl groups excluding tert-OH is 1. The number of aliphatic hydroxyl groups is 1. The molecule has 0 aliphatic heterocycles. The van der Waals surface area contributed by atoms with Gasteiger partial charge in [0.25, 0.3) is 0 Å². The van der Waals surface area contributed by atoms with Crippen molar-refractivity contribution in [3.05, 3.63) is 0 Å². The minimum Gasteiger partial charge on any atom is -0.481 e. The van der Waals surface area contributed by atoms with Crippen LogP contribution in [-0.2, 0) is 4.79 Å². The van der Waals surface area contributed by atoms with Crippen LogP contribution in [0, 0.1) is 0 Å². The molecule has 0 aromatic rings. The highest BCUT2D eigenvalue weighted by Gasteiger charge is 1.96. The highest BCUT2D eigenvalue weighted by Crippen LogP contribution is 2.08. The zero-order valence-electron chi connectivity index (χ0n) is 10.1. The lowest BCUT2D eigenvalue weighted by molar-refractivity contribution is -0.137. The summed E-state index contributed by atoms with van der Waals surface area (Å²) in [6.07, 6.45) is 8.13. The van der Waals surface area contributed by atoms with Gasteiger partial charge >= 0.3 is 5.97 Å². The Bertz CT molecular complexity index is 162. The zero-order chi connectivity index (χ0) is 12.1. The van der Waals surface area contributed by atoms with Crippen LogP contribution in [0.5, 0.6) is 0 Å². The smallest absolute Gasteiger partial charge is 0.303 e. The maximum atomic E-state index is 10.2. The first kappa shape index (κ1) is 15.4. The molecule has 0 atom stereocenters. The monoisotopic (exact) mass is 231 g/mol. The molecular weight excluding hydrogens is 206 g/mol. The molecule has 0 aromatic carbocycles. The lowest BCUT2D eigenvalue weighted by atomic mass is 10.1. The normalized spacial score (nSPS) is 10.6. The number of nitrogens with one attached hydrogen (secondary N) is 1. The van der Waals surface area contributed by atoms with Gasteiger partial charge < -0.3 is 15.5 Å². The first-order valence-electron chi connectivity index (χ1n) is 6.30. The van der Waals surface area contributed by atoms with Gasteiger partial charge in [-0.15, -0.1) is 0 Å². The predicted molar refractivity (Wildman–Crippen MR) is 64.5 cm³/mol. The van der Waals surface area contributed by atoms with Crippen molar-refractivity contribution >= 4 is 5.97 Å². The maximum Gasteiger partial charge on any atom is 0.303 e. The summed E-state index contributed by atoms with van der Waals surface area (Å²) in [5.74, 6) is -0.685. The van der Waals surface area contributed by atoms with Crippen molar-refractivity contribution in [2.24, 2.45) is 0 Å². The number of carboxylic acids is 1. The third-order valence-electron chi connectivity index (χ3n) is 2.53. The number of hydrogen-bond donors (Lipinski definition) is 3. The second-order valence-corrected chi connectivity index (χ2v) is 4.09. The summed E-state index contributed by atoms with van der Waals surface area (Å²) in [4.78, 5) is 10.2. The molecule has 0 fully saturated rings. The molecule has 0 aliphatic rings. The van der Waals surface area contributed by atoms with Crippen LogP contribution in [0.1, 0.15) is 51.4 Å². The van der Waals surface area contributed by atoms with Gasteiger partial charge in [-0.3, -0.25) is 4.79 Å². The molecule has 0 saturated heterocycles. The molecule has 96 valence electrons. The molecule has 0 bridgehead atoms. The molecular formula is C12H25NO3. The summed E-state index contributed by atoms with van der Waals surface area (Å²) >= 11 is 0. The zero-order valence-corrected chi connectivity index (χ0v) is 10.1. The molecule has 0 rings (SSSR count). The Morgan fingerprint density at radius 1 is 0.875 bits per heavy atom. The van der Waals surface area contributed by atoms with Crippen LogP contribution in [0.15, 0.2) is 0 Å². The minimum absolute atomic E-state index is 0.212. The Labute approximate surface area is 98.1 Å². The van der Waals surface area contributed by atoms with Crippen molar-refractivity contribution in [1.29, 1.82) is 0 Å². The van der Waals surface area contributed by atoms with Gasteiger partial charge in [-0.25, -0.2) is 0 Å².